The number of nitrogens with zero attached hydrogens (tertiary/aromatic N) is 2. The summed E-state index contributed by atoms with van der Waals surface area (Å²) in [6.45, 7) is 4.54. The van der Waals surface area contributed by atoms with Crippen molar-refractivity contribution >= 4 is 27.7 Å². The summed E-state index contributed by atoms with van der Waals surface area (Å²) < 4.78 is 0.319. The number of rotatable bonds is 6. The highest BCUT2D eigenvalue weighted by atomic mass is 79.9. The van der Waals surface area contributed by atoms with Crippen LogP contribution in [-0.2, 0) is 9.59 Å². The summed E-state index contributed by atoms with van der Waals surface area (Å²) in [6, 6.07) is 0. The van der Waals surface area contributed by atoms with Crippen molar-refractivity contribution in [3.05, 3.63) is 0 Å². The molecule has 2 atom stereocenters. The van der Waals surface area contributed by atoms with Crippen LogP contribution in [0.15, 0.2) is 0 Å². The summed E-state index contributed by atoms with van der Waals surface area (Å²) in [5.41, 5.74) is 0.248. The highest BCUT2D eigenvalue weighted by Crippen LogP contribution is 2.65. The van der Waals surface area contributed by atoms with E-state index in [9.17, 15) is 9.59 Å². The second-order valence-electron chi connectivity index (χ2n) is 10.6. The normalized spacial score (nSPS) is 37.3. The monoisotopic (exact) mass is 452 g/mol. The smallest absolute Gasteiger partial charge is 0.225 e. The molecule has 4 nitrogen and oxygen atoms in total. The standard InChI is InChI=1S/C23H37BrN2O2/c1-3-4-7-25(2)21(28)19-5-8-26(9-6-19)20(27)15-22-11-17-10-18(12-22)14-23(24,13-17)16-22/h17-19H,3-16H2,1-2H3. The Morgan fingerprint density at radius 1 is 1.11 bits per heavy atom. The molecule has 4 saturated carbocycles. The maximum atomic E-state index is 13.2. The number of unbranched alkanes of at least 4 members (excludes halogenated alkanes) is 1. The molecule has 4 aliphatic carbocycles. The van der Waals surface area contributed by atoms with Crippen molar-refractivity contribution in [3.8, 4) is 0 Å². The van der Waals surface area contributed by atoms with Gasteiger partial charge in [0.15, 0.2) is 0 Å². The van der Waals surface area contributed by atoms with Crippen LogP contribution in [0.5, 0.6) is 0 Å². The van der Waals surface area contributed by atoms with Gasteiger partial charge in [0.2, 0.25) is 11.8 Å². The maximum absolute atomic E-state index is 13.2. The average Bonchev–Trinajstić information content (AvgIpc) is 2.63. The van der Waals surface area contributed by atoms with Gasteiger partial charge in [0.1, 0.15) is 0 Å². The molecule has 4 bridgehead atoms. The largest absolute Gasteiger partial charge is 0.346 e. The molecule has 1 heterocycles. The van der Waals surface area contributed by atoms with Crippen molar-refractivity contribution in [1.29, 1.82) is 0 Å². The first-order valence-corrected chi connectivity index (χ1v) is 12.3. The zero-order valence-corrected chi connectivity index (χ0v) is 19.3. The Kier molecular flexibility index (Phi) is 5.85. The van der Waals surface area contributed by atoms with Crippen molar-refractivity contribution in [2.24, 2.45) is 23.2 Å². The zero-order chi connectivity index (χ0) is 19.9. The Morgan fingerprint density at radius 2 is 1.75 bits per heavy atom. The van der Waals surface area contributed by atoms with Gasteiger partial charge in [0, 0.05) is 43.3 Å². The number of hydrogen-bond donors (Lipinski definition) is 0. The summed E-state index contributed by atoms with van der Waals surface area (Å²) in [5, 5.41) is 0. The second kappa shape index (κ2) is 7.92. The van der Waals surface area contributed by atoms with E-state index in [4.69, 9.17) is 0 Å². The minimum atomic E-state index is 0.108. The molecule has 2 amide bonds. The molecule has 5 rings (SSSR count). The molecule has 0 radical (unpaired) electrons. The fourth-order valence-corrected chi connectivity index (χ4v) is 8.68. The molecule has 5 fully saturated rings. The van der Waals surface area contributed by atoms with E-state index in [1.165, 1.54) is 38.5 Å². The molecule has 5 heteroatoms. The van der Waals surface area contributed by atoms with E-state index in [0.29, 0.717) is 10.2 Å². The molecule has 28 heavy (non-hydrogen) atoms. The van der Waals surface area contributed by atoms with Gasteiger partial charge in [-0.3, -0.25) is 9.59 Å². The fourth-order valence-electron chi connectivity index (χ4n) is 7.17. The molecule has 1 saturated heterocycles. The summed E-state index contributed by atoms with van der Waals surface area (Å²) >= 11 is 4.07. The highest BCUT2D eigenvalue weighted by Gasteiger charge is 2.57. The van der Waals surface area contributed by atoms with Gasteiger partial charge in [-0.25, -0.2) is 0 Å². The molecule has 2 unspecified atom stereocenters. The molecule has 0 N–H and O–H groups in total. The molecule has 158 valence electrons. The van der Waals surface area contributed by atoms with Crippen LogP contribution in [0, 0.1) is 23.2 Å². The molecule has 0 aromatic carbocycles. The van der Waals surface area contributed by atoms with Crippen LogP contribution < -0.4 is 0 Å². The third-order valence-corrected chi connectivity index (χ3v) is 8.99. The van der Waals surface area contributed by atoms with E-state index in [1.54, 1.807) is 0 Å². The van der Waals surface area contributed by atoms with E-state index in [-0.39, 0.29) is 17.2 Å². The van der Waals surface area contributed by atoms with E-state index >= 15 is 0 Å². The summed E-state index contributed by atoms with van der Waals surface area (Å²) in [5.74, 6) is 2.40. The number of carbonyl (C=O) groups excluding carboxylic acids is 2. The lowest BCUT2D eigenvalue weighted by atomic mass is 9.48. The number of carbonyl (C=O) groups is 2. The first kappa shape index (κ1) is 20.7. The van der Waals surface area contributed by atoms with Crippen molar-refractivity contribution in [3.63, 3.8) is 0 Å². The first-order valence-electron chi connectivity index (χ1n) is 11.5. The van der Waals surface area contributed by atoms with Gasteiger partial charge < -0.3 is 9.80 Å². The van der Waals surface area contributed by atoms with Crippen LogP contribution in [0.2, 0.25) is 0 Å². The molecule has 0 aromatic heterocycles. The van der Waals surface area contributed by atoms with Crippen LogP contribution in [0.3, 0.4) is 0 Å². The van der Waals surface area contributed by atoms with Crippen LogP contribution >= 0.6 is 15.9 Å². The van der Waals surface area contributed by atoms with Crippen molar-refractivity contribution < 1.29 is 9.59 Å². The van der Waals surface area contributed by atoms with Crippen LogP contribution in [0.25, 0.3) is 0 Å². The molecule has 0 aromatic rings. The number of piperidine rings is 1. The highest BCUT2D eigenvalue weighted by molar-refractivity contribution is 9.10. The lowest BCUT2D eigenvalue weighted by Crippen LogP contribution is -2.54. The number of hydrogen-bond acceptors (Lipinski definition) is 2. The third-order valence-electron chi connectivity index (χ3n) is 8.06. The Bertz CT molecular complexity index is 600. The summed E-state index contributed by atoms with van der Waals surface area (Å²) in [4.78, 5) is 29.8. The zero-order valence-electron chi connectivity index (χ0n) is 17.7. The Hall–Kier alpha value is -0.580. The minimum Gasteiger partial charge on any atom is -0.346 e. The Morgan fingerprint density at radius 3 is 2.32 bits per heavy atom. The molecule has 1 aliphatic heterocycles. The van der Waals surface area contributed by atoms with Crippen molar-refractivity contribution in [2.75, 3.05) is 26.7 Å². The van der Waals surface area contributed by atoms with Gasteiger partial charge in [-0.05, 0) is 75.0 Å². The van der Waals surface area contributed by atoms with Crippen LogP contribution in [-0.4, -0.2) is 52.6 Å². The predicted molar refractivity (Wildman–Crippen MR) is 115 cm³/mol. The molecule has 0 spiro atoms. The summed E-state index contributed by atoms with van der Waals surface area (Å²) in [6.07, 6.45) is 12.3. The first-order chi connectivity index (χ1) is 13.3. The molecular weight excluding hydrogens is 416 g/mol. The maximum Gasteiger partial charge on any atom is 0.225 e. The van der Waals surface area contributed by atoms with E-state index in [1.807, 2.05) is 11.9 Å². The van der Waals surface area contributed by atoms with Gasteiger partial charge in [0.25, 0.3) is 0 Å². The van der Waals surface area contributed by atoms with Gasteiger partial charge in [-0.15, -0.1) is 0 Å². The van der Waals surface area contributed by atoms with E-state index in [0.717, 1.165) is 63.6 Å². The van der Waals surface area contributed by atoms with Gasteiger partial charge in [0.05, 0.1) is 0 Å². The summed E-state index contributed by atoms with van der Waals surface area (Å²) in [7, 11) is 1.93. The topological polar surface area (TPSA) is 40.6 Å². The number of likely N-dealkylation sites (tertiary alicyclic amines) is 1. The number of alkyl halides is 1. The van der Waals surface area contributed by atoms with Gasteiger partial charge in [-0.2, -0.15) is 0 Å². The fraction of sp³-hybridized carbons (Fsp3) is 0.913. The SMILES string of the molecule is CCCCN(C)C(=O)C1CCN(C(=O)CC23CC4CC(CC(Br)(C4)C2)C3)CC1. The van der Waals surface area contributed by atoms with Gasteiger partial charge >= 0.3 is 0 Å². The van der Waals surface area contributed by atoms with Crippen LogP contribution in [0.4, 0.5) is 0 Å². The van der Waals surface area contributed by atoms with Gasteiger partial charge in [-0.1, -0.05) is 29.3 Å². The quantitative estimate of drug-likeness (QED) is 0.552. The Labute approximate surface area is 178 Å². The Balaban J connectivity index is 1.30. The van der Waals surface area contributed by atoms with Crippen molar-refractivity contribution in [2.45, 2.75) is 81.9 Å². The lowest BCUT2D eigenvalue weighted by molar-refractivity contribution is -0.143. The lowest BCUT2D eigenvalue weighted by Gasteiger charge is -2.60. The van der Waals surface area contributed by atoms with E-state index < -0.39 is 0 Å². The average molecular weight is 453 g/mol. The molecule has 5 aliphatic rings. The number of halogens is 1. The van der Waals surface area contributed by atoms with Crippen LogP contribution in [0.1, 0.15) is 77.6 Å². The van der Waals surface area contributed by atoms with Crippen molar-refractivity contribution in [1.82, 2.24) is 9.80 Å². The second-order valence-corrected chi connectivity index (χ2v) is 12.2. The number of amides is 2. The third kappa shape index (κ3) is 4.15. The molecular formula is C23H37BrN2O2. The predicted octanol–water partition coefficient (Wildman–Crippen LogP) is 4.61. The van der Waals surface area contributed by atoms with E-state index in [2.05, 4.69) is 27.8 Å². The minimum absolute atomic E-state index is 0.108.